The first-order valence-electron chi connectivity index (χ1n) is 7.37. The van der Waals surface area contributed by atoms with E-state index in [0.717, 1.165) is 23.3 Å². The van der Waals surface area contributed by atoms with Crippen LogP contribution >= 0.6 is 0 Å². The summed E-state index contributed by atoms with van der Waals surface area (Å²) in [5.74, 6) is 0.146. The van der Waals surface area contributed by atoms with E-state index in [1.807, 2.05) is 6.07 Å². The van der Waals surface area contributed by atoms with E-state index < -0.39 is 5.97 Å². The van der Waals surface area contributed by atoms with Gasteiger partial charge in [-0.05, 0) is 30.0 Å². The Balaban J connectivity index is 2.28. The van der Waals surface area contributed by atoms with Crippen LogP contribution in [-0.4, -0.2) is 20.6 Å². The lowest BCUT2D eigenvalue weighted by Crippen LogP contribution is -2.19. The Hall–Kier alpha value is -1.84. The number of carboxylic acids is 1. The quantitative estimate of drug-likeness (QED) is 0.907. The summed E-state index contributed by atoms with van der Waals surface area (Å²) < 4.78 is 2.27. The molecule has 2 aromatic rings. The van der Waals surface area contributed by atoms with E-state index in [9.17, 15) is 9.90 Å². The zero-order valence-corrected chi connectivity index (χ0v) is 13.3. The predicted molar refractivity (Wildman–Crippen MR) is 82.8 cm³/mol. The van der Waals surface area contributed by atoms with Crippen molar-refractivity contribution in [2.24, 2.45) is 5.41 Å². The molecular formula is C17H22N2O2. The van der Waals surface area contributed by atoms with Gasteiger partial charge in [0.15, 0.2) is 0 Å². The Bertz CT molecular complexity index is 735. The van der Waals surface area contributed by atoms with Gasteiger partial charge >= 0.3 is 5.97 Å². The van der Waals surface area contributed by atoms with Crippen LogP contribution in [0.5, 0.6) is 0 Å². The highest BCUT2D eigenvalue weighted by Crippen LogP contribution is 2.57. The molecule has 4 nitrogen and oxygen atoms in total. The molecule has 1 atom stereocenters. The smallest absolute Gasteiger partial charge is 0.335 e. The number of hydrogen-bond acceptors (Lipinski definition) is 2. The van der Waals surface area contributed by atoms with Crippen LogP contribution in [0.3, 0.4) is 0 Å². The lowest BCUT2D eigenvalue weighted by atomic mass is 9.95. The molecule has 1 N–H and O–H groups in total. The lowest BCUT2D eigenvalue weighted by molar-refractivity contribution is 0.0697. The van der Waals surface area contributed by atoms with E-state index in [1.165, 1.54) is 0 Å². The third-order valence-corrected chi connectivity index (χ3v) is 4.38. The van der Waals surface area contributed by atoms with Gasteiger partial charge in [-0.3, -0.25) is 0 Å². The van der Waals surface area contributed by atoms with Crippen molar-refractivity contribution >= 4 is 17.0 Å². The molecule has 0 amide bonds. The Kier molecular flexibility index (Phi) is 2.75. The highest BCUT2D eigenvalue weighted by Gasteiger charge is 2.49. The van der Waals surface area contributed by atoms with Crippen LogP contribution in [0, 0.1) is 5.41 Å². The normalized spacial score (nSPS) is 20.7. The van der Waals surface area contributed by atoms with E-state index in [0.29, 0.717) is 11.6 Å². The standard InChI is InChI=1S/C17H22N2O2/c1-16(2,3)15-18-11-7-6-10(14(20)21)8-12(11)19(15)13-9-17(13,4)5/h6-8,13H,9H2,1-5H3,(H,20,21). The van der Waals surface area contributed by atoms with Gasteiger partial charge in [0, 0.05) is 11.5 Å². The Morgan fingerprint density at radius 3 is 2.48 bits per heavy atom. The topological polar surface area (TPSA) is 55.1 Å². The molecule has 0 bridgehead atoms. The first-order chi connectivity index (χ1) is 9.61. The van der Waals surface area contributed by atoms with Gasteiger partial charge in [-0.15, -0.1) is 0 Å². The zero-order valence-electron chi connectivity index (χ0n) is 13.3. The van der Waals surface area contributed by atoms with Crippen molar-refractivity contribution in [3.63, 3.8) is 0 Å². The average Bonchev–Trinajstić information content (AvgIpc) is 2.83. The highest BCUT2D eigenvalue weighted by molar-refractivity contribution is 5.92. The van der Waals surface area contributed by atoms with E-state index >= 15 is 0 Å². The second-order valence-electron chi connectivity index (χ2n) is 7.77. The molecule has 0 radical (unpaired) electrons. The maximum absolute atomic E-state index is 11.2. The van der Waals surface area contributed by atoms with Crippen molar-refractivity contribution in [1.82, 2.24) is 9.55 Å². The number of hydrogen-bond donors (Lipinski definition) is 1. The number of fused-ring (bicyclic) bond motifs is 1. The minimum atomic E-state index is -0.892. The molecule has 1 aromatic carbocycles. The number of aromatic carboxylic acids is 1. The molecule has 1 heterocycles. The number of rotatable bonds is 2. The van der Waals surface area contributed by atoms with Crippen LogP contribution in [0.2, 0.25) is 0 Å². The summed E-state index contributed by atoms with van der Waals surface area (Å²) in [4.78, 5) is 16.0. The molecule has 1 fully saturated rings. The zero-order chi connectivity index (χ0) is 15.6. The molecule has 0 aliphatic heterocycles. The summed E-state index contributed by atoms with van der Waals surface area (Å²) in [7, 11) is 0. The summed E-state index contributed by atoms with van der Waals surface area (Å²) in [5.41, 5.74) is 2.33. The van der Waals surface area contributed by atoms with Crippen LogP contribution in [0.4, 0.5) is 0 Å². The van der Waals surface area contributed by atoms with Gasteiger partial charge in [-0.25, -0.2) is 9.78 Å². The number of nitrogens with zero attached hydrogens (tertiary/aromatic N) is 2. The second-order valence-corrected chi connectivity index (χ2v) is 7.77. The molecular weight excluding hydrogens is 264 g/mol. The van der Waals surface area contributed by atoms with Crippen molar-refractivity contribution in [2.45, 2.75) is 52.5 Å². The number of benzene rings is 1. The van der Waals surface area contributed by atoms with Crippen LogP contribution in [-0.2, 0) is 5.41 Å². The van der Waals surface area contributed by atoms with Gasteiger partial charge in [0.25, 0.3) is 0 Å². The number of aromatic nitrogens is 2. The van der Waals surface area contributed by atoms with Crippen LogP contribution < -0.4 is 0 Å². The van der Waals surface area contributed by atoms with Gasteiger partial charge in [0.1, 0.15) is 5.82 Å². The molecule has 3 rings (SSSR count). The Labute approximate surface area is 124 Å². The summed E-state index contributed by atoms with van der Waals surface area (Å²) >= 11 is 0. The molecule has 21 heavy (non-hydrogen) atoms. The van der Waals surface area contributed by atoms with E-state index in [4.69, 9.17) is 4.98 Å². The number of carboxylic acid groups (broad SMARTS) is 1. The van der Waals surface area contributed by atoms with Crippen molar-refractivity contribution in [3.05, 3.63) is 29.6 Å². The molecule has 1 aliphatic rings. The molecule has 0 saturated heterocycles. The molecule has 1 unspecified atom stereocenters. The second kappa shape index (κ2) is 4.09. The van der Waals surface area contributed by atoms with Crippen LogP contribution in [0.1, 0.15) is 63.3 Å². The van der Waals surface area contributed by atoms with Gasteiger partial charge < -0.3 is 9.67 Å². The summed E-state index contributed by atoms with van der Waals surface area (Å²) in [5, 5.41) is 9.23. The monoisotopic (exact) mass is 286 g/mol. The van der Waals surface area contributed by atoms with Gasteiger partial charge in [0.2, 0.25) is 0 Å². The molecule has 112 valence electrons. The summed E-state index contributed by atoms with van der Waals surface area (Å²) in [6, 6.07) is 5.61. The van der Waals surface area contributed by atoms with Gasteiger partial charge in [-0.1, -0.05) is 34.6 Å². The molecule has 0 spiro atoms. The lowest BCUT2D eigenvalue weighted by Gasteiger charge is -2.21. The Morgan fingerprint density at radius 2 is 2.00 bits per heavy atom. The third-order valence-electron chi connectivity index (χ3n) is 4.38. The van der Waals surface area contributed by atoms with Crippen LogP contribution in [0.15, 0.2) is 18.2 Å². The average molecular weight is 286 g/mol. The number of carbonyl (C=O) groups is 1. The maximum atomic E-state index is 11.2. The van der Waals surface area contributed by atoms with Crippen molar-refractivity contribution in [1.29, 1.82) is 0 Å². The Morgan fingerprint density at radius 1 is 1.38 bits per heavy atom. The summed E-state index contributed by atoms with van der Waals surface area (Å²) in [6.45, 7) is 10.9. The fourth-order valence-corrected chi connectivity index (χ4v) is 2.95. The van der Waals surface area contributed by atoms with Gasteiger partial charge in [0.05, 0.1) is 16.6 Å². The fraction of sp³-hybridized carbons (Fsp3) is 0.529. The number of imidazole rings is 1. The van der Waals surface area contributed by atoms with E-state index in [-0.39, 0.29) is 10.8 Å². The maximum Gasteiger partial charge on any atom is 0.335 e. The largest absolute Gasteiger partial charge is 0.478 e. The molecule has 1 aromatic heterocycles. The van der Waals surface area contributed by atoms with E-state index in [1.54, 1.807) is 12.1 Å². The highest BCUT2D eigenvalue weighted by atomic mass is 16.4. The van der Waals surface area contributed by atoms with Crippen molar-refractivity contribution in [3.8, 4) is 0 Å². The van der Waals surface area contributed by atoms with Crippen molar-refractivity contribution in [2.75, 3.05) is 0 Å². The predicted octanol–water partition coefficient (Wildman–Crippen LogP) is 4.00. The minimum absolute atomic E-state index is 0.0684. The van der Waals surface area contributed by atoms with Crippen molar-refractivity contribution < 1.29 is 9.90 Å². The first-order valence-corrected chi connectivity index (χ1v) is 7.37. The summed E-state index contributed by atoms with van der Waals surface area (Å²) in [6.07, 6.45) is 1.11. The van der Waals surface area contributed by atoms with E-state index in [2.05, 4.69) is 39.2 Å². The third kappa shape index (κ3) is 2.23. The molecule has 1 aliphatic carbocycles. The van der Waals surface area contributed by atoms with Crippen LogP contribution in [0.25, 0.3) is 11.0 Å². The SMILES string of the molecule is CC(C)(C)c1nc2ccc(C(=O)O)cc2n1C1CC1(C)C. The fourth-order valence-electron chi connectivity index (χ4n) is 2.95. The first kappa shape index (κ1) is 14.1. The minimum Gasteiger partial charge on any atom is -0.478 e. The molecule has 4 heteroatoms. The van der Waals surface area contributed by atoms with Gasteiger partial charge in [-0.2, -0.15) is 0 Å². The molecule has 1 saturated carbocycles.